The zero-order chi connectivity index (χ0) is 50.7. The summed E-state index contributed by atoms with van der Waals surface area (Å²) < 4.78 is 0. The molecule has 5 aliphatic heterocycles. The molecule has 0 saturated heterocycles. The SMILES string of the molecule is CC1=Cc2cc(C3c4cc(C5c6cc(C7c8cc(C9c%10ccccc%10N(C)C(C)(C)C9C)ccc8N(C)C(C)(C)C7C)ccc6N(C)C(C)(C)C5C)ccc4N(C)C(C)(C)C3C)ccc2N(C)C1(C)C. The van der Waals surface area contributed by atoms with Crippen LogP contribution in [0.1, 0.15) is 178 Å². The normalized spacial score (nSPS) is 28.8. The Morgan fingerprint density at radius 2 is 0.643 bits per heavy atom. The standard InChI is InChI=1S/C65H85N5/c1-38-33-47-34-43(25-29-52(47)66(16)61(38,6)7)58-40(3)63(10,11)68(18)54-31-27-45(36-49(54)58)60-42(5)65(14,15)70(20)56-32-28-46(37-51(56)60)59-41(4)64(12,13)69(19)55-30-26-44(35-50(55)59)57-39(2)62(8,9)67(17)53-24-22-21-23-48(53)57/h21-37,39-42,57-60H,1-20H3. The lowest BCUT2D eigenvalue weighted by Gasteiger charge is -2.53. The molecule has 0 bridgehead atoms. The van der Waals surface area contributed by atoms with E-state index >= 15 is 0 Å². The maximum Gasteiger partial charge on any atom is 0.0555 e. The first-order chi connectivity index (χ1) is 32.7. The van der Waals surface area contributed by atoms with Gasteiger partial charge in [-0.25, -0.2) is 0 Å². The number of fused-ring (bicyclic) bond motifs is 5. The molecule has 0 aliphatic carbocycles. The fourth-order valence-corrected chi connectivity index (χ4v) is 14.2. The Bertz CT molecular complexity index is 2930. The molecule has 0 fully saturated rings. The number of hydrogen-bond acceptors (Lipinski definition) is 5. The summed E-state index contributed by atoms with van der Waals surface area (Å²) in [5.74, 6) is 2.48. The summed E-state index contributed by atoms with van der Waals surface area (Å²) >= 11 is 0. The Hall–Kier alpha value is -5.16. The number of para-hydroxylation sites is 1. The molecule has 5 aliphatic rings. The van der Waals surface area contributed by atoms with Gasteiger partial charge in [0.15, 0.2) is 0 Å². The van der Waals surface area contributed by atoms with Gasteiger partial charge in [-0.15, -0.1) is 0 Å². The monoisotopic (exact) mass is 936 g/mol. The quantitative estimate of drug-likeness (QED) is 0.178. The van der Waals surface area contributed by atoms with Gasteiger partial charge >= 0.3 is 0 Å². The summed E-state index contributed by atoms with van der Waals surface area (Å²) in [6.07, 6.45) is 2.44. The summed E-state index contributed by atoms with van der Waals surface area (Å²) in [6.45, 7) is 36.6. The van der Waals surface area contributed by atoms with E-state index in [-0.39, 0.29) is 45.4 Å². The summed E-state index contributed by atoms with van der Waals surface area (Å²) in [5, 5.41) is 0. The minimum absolute atomic E-state index is 0.00373. The minimum atomic E-state index is -0.0672. The van der Waals surface area contributed by atoms with Crippen LogP contribution in [0.25, 0.3) is 6.08 Å². The third-order valence-corrected chi connectivity index (χ3v) is 21.8. The van der Waals surface area contributed by atoms with Crippen LogP contribution in [0, 0.1) is 23.7 Å². The van der Waals surface area contributed by atoms with Gasteiger partial charge in [0.1, 0.15) is 0 Å². The topological polar surface area (TPSA) is 16.2 Å². The van der Waals surface area contributed by atoms with Gasteiger partial charge in [-0.1, -0.05) is 94.4 Å². The van der Waals surface area contributed by atoms with Crippen molar-refractivity contribution < 1.29 is 0 Å². The van der Waals surface area contributed by atoms with Gasteiger partial charge in [-0.3, -0.25) is 0 Å². The van der Waals surface area contributed by atoms with Gasteiger partial charge in [0.05, 0.1) is 5.54 Å². The number of likely N-dealkylation sites (N-methyl/N-ethyl adjacent to an activating group) is 1. The van der Waals surface area contributed by atoms with Crippen molar-refractivity contribution in [1.29, 1.82) is 0 Å². The van der Waals surface area contributed by atoms with E-state index < -0.39 is 0 Å². The van der Waals surface area contributed by atoms with Crippen molar-refractivity contribution >= 4 is 34.5 Å². The highest BCUT2D eigenvalue weighted by Gasteiger charge is 2.49. The van der Waals surface area contributed by atoms with Crippen molar-refractivity contribution in [3.05, 3.63) is 153 Å². The lowest BCUT2D eigenvalue weighted by atomic mass is 9.64. The van der Waals surface area contributed by atoms with Crippen LogP contribution >= 0.6 is 0 Å². The van der Waals surface area contributed by atoms with Crippen molar-refractivity contribution in [2.75, 3.05) is 59.7 Å². The van der Waals surface area contributed by atoms with Crippen molar-refractivity contribution in [2.45, 2.75) is 155 Å². The van der Waals surface area contributed by atoms with E-state index in [0.29, 0.717) is 29.6 Å². The highest BCUT2D eigenvalue weighted by molar-refractivity contribution is 5.77. The zero-order valence-electron chi connectivity index (χ0n) is 46.7. The first-order valence-electron chi connectivity index (χ1n) is 26.7. The Morgan fingerprint density at radius 3 is 1.01 bits per heavy atom. The van der Waals surface area contributed by atoms with Crippen molar-refractivity contribution in [1.82, 2.24) is 0 Å². The lowest BCUT2D eigenvalue weighted by molar-refractivity contribution is 0.278. The largest absolute Gasteiger partial charge is 0.369 e. The Kier molecular flexibility index (Phi) is 11.0. The molecule has 10 rings (SSSR count). The van der Waals surface area contributed by atoms with Crippen LogP contribution < -0.4 is 24.5 Å². The Balaban J connectivity index is 1.13. The van der Waals surface area contributed by atoms with Crippen LogP contribution in [-0.4, -0.2) is 62.9 Å². The second-order valence-electron chi connectivity index (χ2n) is 25.7. The number of benzene rings is 5. The number of anilines is 5. The fourth-order valence-electron chi connectivity index (χ4n) is 14.2. The fraction of sp³-hybridized carbons (Fsp3) is 0.508. The van der Waals surface area contributed by atoms with Crippen molar-refractivity contribution in [3.63, 3.8) is 0 Å². The van der Waals surface area contributed by atoms with E-state index in [0.717, 1.165) is 0 Å². The molecular weight excluding hydrogens is 851 g/mol. The third kappa shape index (κ3) is 6.67. The molecule has 5 aromatic rings. The summed E-state index contributed by atoms with van der Waals surface area (Å²) in [7, 11) is 11.5. The lowest BCUT2D eigenvalue weighted by Crippen LogP contribution is -2.53. The van der Waals surface area contributed by atoms with Crippen LogP contribution in [0.3, 0.4) is 0 Å². The van der Waals surface area contributed by atoms with Gasteiger partial charge in [0.25, 0.3) is 0 Å². The molecule has 8 unspecified atom stereocenters. The van der Waals surface area contributed by atoms with E-state index in [1.807, 2.05) is 0 Å². The van der Waals surface area contributed by atoms with E-state index in [1.54, 1.807) is 0 Å². The maximum absolute atomic E-state index is 2.67. The van der Waals surface area contributed by atoms with Crippen LogP contribution in [0.5, 0.6) is 0 Å². The van der Waals surface area contributed by atoms with E-state index in [9.17, 15) is 0 Å². The van der Waals surface area contributed by atoms with E-state index in [2.05, 4.69) is 267 Å². The minimum Gasteiger partial charge on any atom is -0.369 e. The van der Waals surface area contributed by atoms with Crippen LogP contribution in [0.15, 0.2) is 103 Å². The van der Waals surface area contributed by atoms with Crippen LogP contribution in [0.4, 0.5) is 28.4 Å². The van der Waals surface area contributed by atoms with E-state index in [4.69, 9.17) is 0 Å². The average Bonchev–Trinajstić information content (AvgIpc) is 3.31. The molecule has 8 atom stereocenters. The molecule has 0 saturated carbocycles. The second kappa shape index (κ2) is 15.9. The molecule has 370 valence electrons. The molecule has 0 amide bonds. The van der Waals surface area contributed by atoms with Gasteiger partial charge in [0.2, 0.25) is 0 Å². The number of hydrogen-bond donors (Lipinski definition) is 0. The number of rotatable bonds is 4. The van der Waals surface area contributed by atoms with Crippen LogP contribution in [-0.2, 0) is 0 Å². The highest BCUT2D eigenvalue weighted by Crippen LogP contribution is 2.58. The average molecular weight is 936 g/mol. The third-order valence-electron chi connectivity index (χ3n) is 21.8. The summed E-state index contributed by atoms with van der Waals surface area (Å²) in [5.41, 5.74) is 20.8. The Labute approximate surface area is 424 Å². The molecule has 0 N–H and O–H groups in total. The predicted octanol–water partition coefficient (Wildman–Crippen LogP) is 15.3. The molecule has 0 aromatic heterocycles. The number of nitrogens with zero attached hydrogens (tertiary/aromatic N) is 5. The molecule has 5 heterocycles. The smallest absolute Gasteiger partial charge is 0.0555 e. The molecule has 0 spiro atoms. The summed E-state index contributed by atoms with van der Waals surface area (Å²) in [6, 6.07) is 39.4. The first-order valence-corrected chi connectivity index (χ1v) is 26.7. The second-order valence-corrected chi connectivity index (χ2v) is 25.7. The predicted molar refractivity (Wildman–Crippen MR) is 302 cm³/mol. The molecule has 0 radical (unpaired) electrons. The molecule has 70 heavy (non-hydrogen) atoms. The van der Waals surface area contributed by atoms with Gasteiger partial charge in [-0.05, 0) is 192 Å². The van der Waals surface area contributed by atoms with Crippen LogP contribution in [0.2, 0.25) is 0 Å². The Morgan fingerprint density at radius 1 is 0.343 bits per heavy atom. The maximum atomic E-state index is 2.67. The van der Waals surface area contributed by atoms with Gasteiger partial charge in [-0.2, -0.15) is 0 Å². The van der Waals surface area contributed by atoms with Crippen molar-refractivity contribution in [3.8, 4) is 0 Å². The zero-order valence-corrected chi connectivity index (χ0v) is 46.7. The van der Waals surface area contributed by atoms with Crippen molar-refractivity contribution in [2.24, 2.45) is 23.7 Å². The van der Waals surface area contributed by atoms with Gasteiger partial charge < -0.3 is 24.5 Å². The molecule has 5 heteroatoms. The highest BCUT2D eigenvalue weighted by atomic mass is 15.2. The molecule has 5 aromatic carbocycles. The summed E-state index contributed by atoms with van der Waals surface area (Å²) in [4.78, 5) is 12.7. The molecular formula is C65H85N5. The first kappa shape index (κ1) is 48.5. The molecule has 5 nitrogen and oxygen atoms in total. The van der Waals surface area contributed by atoms with E-state index in [1.165, 1.54) is 84.1 Å². The van der Waals surface area contributed by atoms with Gasteiger partial charge in [0, 0.05) is 110 Å².